The summed E-state index contributed by atoms with van der Waals surface area (Å²) in [4.78, 5) is 23.1. The molecule has 8 heteroatoms. The third-order valence-electron chi connectivity index (χ3n) is 2.92. The van der Waals surface area contributed by atoms with E-state index >= 15 is 0 Å². The van der Waals surface area contributed by atoms with Gasteiger partial charge in [-0.2, -0.15) is 0 Å². The molecule has 116 valence electrons. The van der Waals surface area contributed by atoms with Crippen LogP contribution in [0.4, 0.5) is 11.4 Å². The van der Waals surface area contributed by atoms with Crippen molar-refractivity contribution in [2.24, 2.45) is 0 Å². The Morgan fingerprint density at radius 2 is 1.86 bits per heavy atom. The molecule has 0 radical (unpaired) electrons. The Hall–Kier alpha value is -2.51. The third kappa shape index (κ3) is 3.74. The fourth-order valence-corrected chi connectivity index (χ4v) is 1.93. The molecule has 0 atom stereocenters. The zero-order valence-corrected chi connectivity index (χ0v) is 12.3. The summed E-state index contributed by atoms with van der Waals surface area (Å²) in [6.07, 6.45) is 0. The first-order chi connectivity index (χ1) is 9.81. The number of methoxy groups -OCH3 is 2. The maximum Gasteiger partial charge on any atom is 0.323 e. The van der Waals surface area contributed by atoms with Gasteiger partial charge in [0.25, 0.3) is 5.69 Å². The summed E-state index contributed by atoms with van der Waals surface area (Å²) in [5.41, 5.74) is -0.0577. The molecule has 0 unspecified atom stereocenters. The molecule has 0 spiro atoms. The van der Waals surface area contributed by atoms with Crippen LogP contribution in [0.5, 0.6) is 11.5 Å². The maximum atomic E-state index is 11.2. The second-order valence-electron chi connectivity index (χ2n) is 4.57. The van der Waals surface area contributed by atoms with Crippen LogP contribution in [-0.4, -0.2) is 42.8 Å². The number of nitro groups is 1. The number of aliphatic carboxylic acids is 1. The lowest BCUT2D eigenvalue weighted by Gasteiger charge is -2.27. The number of nitrogens with zero attached hydrogens (tertiary/aromatic N) is 2. The number of carboxylic acid groups (broad SMARTS) is 1. The largest absolute Gasteiger partial charge is 0.493 e. The summed E-state index contributed by atoms with van der Waals surface area (Å²) in [7, 11) is 2.78. The highest BCUT2D eigenvalue weighted by Gasteiger charge is 2.26. The molecule has 0 aliphatic carbocycles. The van der Waals surface area contributed by atoms with Crippen LogP contribution in [0.25, 0.3) is 0 Å². The minimum absolute atomic E-state index is 0.176. The van der Waals surface area contributed by atoms with E-state index in [1.54, 1.807) is 13.8 Å². The van der Waals surface area contributed by atoms with Crippen molar-refractivity contribution in [3.63, 3.8) is 0 Å². The van der Waals surface area contributed by atoms with Crippen molar-refractivity contribution >= 4 is 17.3 Å². The molecule has 0 bridgehead atoms. The van der Waals surface area contributed by atoms with Crippen molar-refractivity contribution in [3.8, 4) is 11.5 Å². The molecule has 0 fully saturated rings. The van der Waals surface area contributed by atoms with Crippen molar-refractivity contribution in [2.45, 2.75) is 19.9 Å². The summed E-state index contributed by atoms with van der Waals surface area (Å²) < 4.78 is 10.2. The number of ether oxygens (including phenoxy) is 2. The SMILES string of the molecule is COc1cc(N(CC(=O)O)C(C)C)c([N+](=O)[O-])cc1OC. The minimum atomic E-state index is -1.08. The van der Waals surface area contributed by atoms with Crippen LogP contribution in [0.2, 0.25) is 0 Å². The second kappa shape index (κ2) is 6.78. The zero-order chi connectivity index (χ0) is 16.2. The van der Waals surface area contributed by atoms with Gasteiger partial charge in [0.05, 0.1) is 25.2 Å². The third-order valence-corrected chi connectivity index (χ3v) is 2.92. The van der Waals surface area contributed by atoms with Gasteiger partial charge < -0.3 is 19.5 Å². The van der Waals surface area contributed by atoms with E-state index in [9.17, 15) is 14.9 Å². The smallest absolute Gasteiger partial charge is 0.323 e. The highest BCUT2D eigenvalue weighted by molar-refractivity contribution is 5.78. The van der Waals surface area contributed by atoms with E-state index in [4.69, 9.17) is 14.6 Å². The van der Waals surface area contributed by atoms with Gasteiger partial charge in [0, 0.05) is 12.1 Å². The molecule has 1 rings (SSSR count). The van der Waals surface area contributed by atoms with Gasteiger partial charge in [-0.15, -0.1) is 0 Å². The van der Waals surface area contributed by atoms with Crippen molar-refractivity contribution < 1.29 is 24.3 Å². The summed E-state index contributed by atoms with van der Waals surface area (Å²) >= 11 is 0. The lowest BCUT2D eigenvalue weighted by atomic mass is 10.2. The van der Waals surface area contributed by atoms with E-state index < -0.39 is 10.9 Å². The van der Waals surface area contributed by atoms with E-state index in [0.29, 0.717) is 5.75 Å². The number of hydrogen-bond donors (Lipinski definition) is 1. The molecule has 0 aromatic heterocycles. The van der Waals surface area contributed by atoms with Crippen LogP contribution >= 0.6 is 0 Å². The van der Waals surface area contributed by atoms with Gasteiger partial charge in [-0.3, -0.25) is 14.9 Å². The first-order valence-electron chi connectivity index (χ1n) is 6.20. The molecule has 8 nitrogen and oxygen atoms in total. The van der Waals surface area contributed by atoms with Gasteiger partial charge in [-0.05, 0) is 13.8 Å². The predicted octanol–water partition coefficient (Wildman–Crippen LogP) is 1.91. The molecule has 21 heavy (non-hydrogen) atoms. The van der Waals surface area contributed by atoms with Gasteiger partial charge >= 0.3 is 5.97 Å². The number of carboxylic acids is 1. The van der Waals surface area contributed by atoms with Gasteiger partial charge in [-0.25, -0.2) is 0 Å². The standard InChI is InChI=1S/C13H18N2O6/c1-8(2)14(7-13(16)17)9-5-11(20-3)12(21-4)6-10(9)15(18)19/h5-6,8H,7H2,1-4H3,(H,16,17). The van der Waals surface area contributed by atoms with Crippen LogP contribution < -0.4 is 14.4 Å². The highest BCUT2D eigenvalue weighted by Crippen LogP contribution is 2.40. The molecular formula is C13H18N2O6. The van der Waals surface area contributed by atoms with E-state index in [2.05, 4.69) is 0 Å². The highest BCUT2D eigenvalue weighted by atomic mass is 16.6. The molecule has 1 N–H and O–H groups in total. The van der Waals surface area contributed by atoms with E-state index in [0.717, 1.165) is 0 Å². The van der Waals surface area contributed by atoms with Crippen LogP contribution in [0.3, 0.4) is 0 Å². The lowest BCUT2D eigenvalue weighted by Crippen LogP contribution is -2.36. The van der Waals surface area contributed by atoms with Gasteiger partial charge in [0.1, 0.15) is 12.2 Å². The van der Waals surface area contributed by atoms with E-state index in [1.807, 2.05) is 0 Å². The molecule has 1 aromatic rings. The van der Waals surface area contributed by atoms with Gasteiger partial charge in [0.15, 0.2) is 11.5 Å². The molecular weight excluding hydrogens is 280 g/mol. The van der Waals surface area contributed by atoms with Gasteiger partial charge in [0.2, 0.25) is 0 Å². The fraction of sp³-hybridized carbons (Fsp3) is 0.462. The zero-order valence-electron chi connectivity index (χ0n) is 12.3. The Labute approximate surface area is 122 Å². The topological polar surface area (TPSA) is 102 Å². The molecule has 0 amide bonds. The van der Waals surface area contributed by atoms with Crippen LogP contribution in [-0.2, 0) is 4.79 Å². The van der Waals surface area contributed by atoms with Crippen molar-refractivity contribution in [2.75, 3.05) is 25.7 Å². The van der Waals surface area contributed by atoms with Crippen LogP contribution in [0.1, 0.15) is 13.8 Å². The fourth-order valence-electron chi connectivity index (χ4n) is 1.93. The maximum absolute atomic E-state index is 11.2. The minimum Gasteiger partial charge on any atom is -0.493 e. The summed E-state index contributed by atoms with van der Waals surface area (Å²) in [6, 6.07) is 2.41. The van der Waals surface area contributed by atoms with E-state index in [1.165, 1.54) is 31.3 Å². The molecule has 0 saturated heterocycles. The summed E-state index contributed by atoms with van der Waals surface area (Å²) in [6.45, 7) is 3.15. The van der Waals surface area contributed by atoms with Gasteiger partial charge in [-0.1, -0.05) is 0 Å². The molecule has 0 heterocycles. The number of nitro benzene ring substituents is 1. The average Bonchev–Trinajstić information content (AvgIpc) is 2.42. The Bertz CT molecular complexity index is 544. The number of carbonyl (C=O) groups is 1. The first-order valence-corrected chi connectivity index (χ1v) is 6.20. The average molecular weight is 298 g/mol. The van der Waals surface area contributed by atoms with Crippen LogP contribution in [0, 0.1) is 10.1 Å². The Morgan fingerprint density at radius 3 is 2.24 bits per heavy atom. The number of rotatable bonds is 7. The molecule has 0 saturated carbocycles. The molecule has 0 aliphatic rings. The summed E-state index contributed by atoms with van der Waals surface area (Å²) in [5.74, 6) is -0.561. The Kier molecular flexibility index (Phi) is 5.34. The summed E-state index contributed by atoms with van der Waals surface area (Å²) in [5, 5.41) is 20.2. The van der Waals surface area contributed by atoms with Crippen molar-refractivity contribution in [3.05, 3.63) is 22.2 Å². The number of hydrogen-bond acceptors (Lipinski definition) is 6. The quantitative estimate of drug-likeness (QED) is 0.606. The normalized spacial score (nSPS) is 10.3. The first kappa shape index (κ1) is 16.5. The Balaban J connectivity index is 3.49. The van der Waals surface area contributed by atoms with Crippen molar-refractivity contribution in [1.29, 1.82) is 0 Å². The predicted molar refractivity (Wildman–Crippen MR) is 76.3 cm³/mol. The molecule has 1 aromatic carbocycles. The number of anilines is 1. The van der Waals surface area contributed by atoms with E-state index in [-0.39, 0.29) is 29.7 Å². The lowest BCUT2D eigenvalue weighted by molar-refractivity contribution is -0.384. The monoisotopic (exact) mass is 298 g/mol. The second-order valence-corrected chi connectivity index (χ2v) is 4.57. The Morgan fingerprint density at radius 1 is 1.33 bits per heavy atom. The van der Waals surface area contributed by atoms with Crippen LogP contribution in [0.15, 0.2) is 12.1 Å². The molecule has 0 aliphatic heterocycles. The number of benzene rings is 1. The van der Waals surface area contributed by atoms with Crippen molar-refractivity contribution in [1.82, 2.24) is 0 Å².